The van der Waals surface area contributed by atoms with E-state index in [1.165, 1.54) is 0 Å². The smallest absolute Gasteiger partial charge is 0.412 e. The average Bonchev–Trinajstić information content (AvgIpc) is 2.84. The molecule has 0 radical (unpaired) electrons. The van der Waals surface area contributed by atoms with Crippen LogP contribution in [0.25, 0.3) is 10.8 Å². The molecule has 0 aromatic heterocycles. The SMILES string of the molecule is CC(C)(CC/C=C/C(=O)O)[C@H](OC(=O)Nc1cccc2ccccc12)c1ccc(OCCO)cc1. The van der Waals surface area contributed by atoms with Crippen LogP contribution in [0.1, 0.15) is 38.4 Å². The van der Waals surface area contributed by atoms with E-state index < -0.39 is 23.6 Å². The van der Waals surface area contributed by atoms with Crippen molar-refractivity contribution < 1.29 is 29.3 Å². The second-order valence-corrected chi connectivity index (χ2v) is 8.85. The third-order valence-electron chi connectivity index (χ3n) is 5.72. The summed E-state index contributed by atoms with van der Waals surface area (Å²) in [6, 6.07) is 20.6. The average molecular weight is 478 g/mol. The second kappa shape index (κ2) is 12.0. The van der Waals surface area contributed by atoms with Gasteiger partial charge in [-0.1, -0.05) is 68.5 Å². The van der Waals surface area contributed by atoms with Crippen LogP contribution in [0.2, 0.25) is 0 Å². The van der Waals surface area contributed by atoms with Gasteiger partial charge in [-0.2, -0.15) is 0 Å². The van der Waals surface area contributed by atoms with Crippen LogP contribution < -0.4 is 10.1 Å². The molecule has 7 heteroatoms. The summed E-state index contributed by atoms with van der Waals surface area (Å²) in [5.41, 5.74) is 0.926. The Hall–Kier alpha value is -3.84. The molecule has 0 saturated heterocycles. The standard InChI is InChI=1S/C28H31NO6/c1-28(2,17-6-5-12-25(31)32)26(21-13-15-22(16-14-21)34-19-18-30)35-27(33)29-24-11-7-9-20-8-3-4-10-23(20)24/h3-5,7-16,26,30H,6,17-19H2,1-2H3,(H,29,33)(H,31,32)/b12-5+/t26-/m1/s1. The molecule has 3 aromatic rings. The van der Waals surface area contributed by atoms with Gasteiger partial charge in [-0.25, -0.2) is 9.59 Å². The van der Waals surface area contributed by atoms with Gasteiger partial charge in [0, 0.05) is 16.9 Å². The molecule has 0 heterocycles. The Bertz CT molecular complexity index is 1160. The number of carbonyl (C=O) groups is 2. The van der Waals surface area contributed by atoms with Crippen LogP contribution >= 0.6 is 0 Å². The van der Waals surface area contributed by atoms with Gasteiger partial charge in [-0.05, 0) is 42.0 Å². The Morgan fingerprint density at radius 1 is 1.03 bits per heavy atom. The van der Waals surface area contributed by atoms with Gasteiger partial charge in [0.05, 0.1) is 12.3 Å². The number of hydrogen-bond acceptors (Lipinski definition) is 5. The topological polar surface area (TPSA) is 105 Å². The molecule has 0 unspecified atom stereocenters. The number of aliphatic hydroxyl groups excluding tert-OH is 1. The first kappa shape index (κ1) is 25.8. The molecule has 35 heavy (non-hydrogen) atoms. The fraction of sp³-hybridized carbons (Fsp3) is 0.286. The van der Waals surface area contributed by atoms with Gasteiger partial charge in [0.1, 0.15) is 18.5 Å². The number of rotatable bonds is 11. The van der Waals surface area contributed by atoms with E-state index in [0.717, 1.165) is 22.4 Å². The number of aliphatic carboxylic acids is 1. The molecule has 1 atom stereocenters. The quantitative estimate of drug-likeness (QED) is 0.295. The predicted octanol–water partition coefficient (Wildman–Crippen LogP) is 5.95. The van der Waals surface area contributed by atoms with Gasteiger partial charge in [-0.15, -0.1) is 0 Å². The normalized spacial score (nSPS) is 12.4. The summed E-state index contributed by atoms with van der Waals surface area (Å²) in [6.07, 6.45) is 2.63. The van der Waals surface area contributed by atoms with Crippen LogP contribution in [0.5, 0.6) is 5.75 Å². The zero-order valence-electron chi connectivity index (χ0n) is 19.9. The molecule has 0 aliphatic heterocycles. The molecular formula is C28H31NO6. The number of anilines is 1. The molecule has 7 nitrogen and oxygen atoms in total. The minimum Gasteiger partial charge on any atom is -0.491 e. The van der Waals surface area contributed by atoms with Crippen LogP contribution in [-0.2, 0) is 9.53 Å². The molecular weight excluding hydrogens is 446 g/mol. The summed E-state index contributed by atoms with van der Waals surface area (Å²) < 4.78 is 11.4. The van der Waals surface area contributed by atoms with Gasteiger partial charge in [0.15, 0.2) is 0 Å². The van der Waals surface area contributed by atoms with Gasteiger partial charge < -0.3 is 19.7 Å². The number of nitrogens with one attached hydrogen (secondary N) is 1. The zero-order chi connectivity index (χ0) is 25.3. The Morgan fingerprint density at radius 3 is 2.46 bits per heavy atom. The zero-order valence-corrected chi connectivity index (χ0v) is 19.9. The van der Waals surface area contributed by atoms with E-state index in [9.17, 15) is 9.59 Å². The van der Waals surface area contributed by atoms with Crippen molar-refractivity contribution in [3.63, 3.8) is 0 Å². The number of amides is 1. The van der Waals surface area contributed by atoms with Crippen molar-refractivity contribution in [1.29, 1.82) is 0 Å². The molecule has 184 valence electrons. The van der Waals surface area contributed by atoms with Crippen molar-refractivity contribution >= 4 is 28.5 Å². The van der Waals surface area contributed by atoms with Crippen molar-refractivity contribution in [2.75, 3.05) is 18.5 Å². The summed E-state index contributed by atoms with van der Waals surface area (Å²) in [5.74, 6) is -0.396. The number of allylic oxidation sites excluding steroid dienone is 1. The van der Waals surface area contributed by atoms with E-state index in [-0.39, 0.29) is 13.2 Å². The van der Waals surface area contributed by atoms with Crippen molar-refractivity contribution in [2.45, 2.75) is 32.8 Å². The van der Waals surface area contributed by atoms with Crippen LogP contribution in [0.15, 0.2) is 78.9 Å². The summed E-state index contributed by atoms with van der Waals surface area (Å²) in [7, 11) is 0. The summed E-state index contributed by atoms with van der Waals surface area (Å²) in [6.45, 7) is 4.06. The Labute approximate surface area is 205 Å². The van der Waals surface area contributed by atoms with E-state index >= 15 is 0 Å². The van der Waals surface area contributed by atoms with Gasteiger partial charge in [0.25, 0.3) is 0 Å². The van der Waals surface area contributed by atoms with E-state index in [1.807, 2.05) is 68.4 Å². The molecule has 0 bridgehead atoms. The van der Waals surface area contributed by atoms with Crippen molar-refractivity contribution in [3.05, 3.63) is 84.4 Å². The fourth-order valence-electron chi connectivity index (χ4n) is 3.93. The lowest BCUT2D eigenvalue weighted by molar-refractivity contribution is -0.131. The molecule has 0 saturated carbocycles. The highest BCUT2D eigenvalue weighted by molar-refractivity contribution is 6.00. The number of carboxylic acid groups (broad SMARTS) is 1. The monoisotopic (exact) mass is 477 g/mol. The minimum absolute atomic E-state index is 0.0846. The molecule has 3 rings (SSSR count). The first-order valence-corrected chi connectivity index (χ1v) is 11.5. The fourth-order valence-corrected chi connectivity index (χ4v) is 3.93. The maximum absolute atomic E-state index is 13.0. The molecule has 0 spiro atoms. The lowest BCUT2D eigenvalue weighted by atomic mass is 9.78. The van der Waals surface area contributed by atoms with Crippen LogP contribution in [0.3, 0.4) is 0 Å². The molecule has 0 aliphatic carbocycles. The third kappa shape index (κ3) is 7.32. The lowest BCUT2D eigenvalue weighted by Gasteiger charge is -2.34. The first-order valence-electron chi connectivity index (χ1n) is 11.5. The Balaban J connectivity index is 1.82. The number of hydrogen-bond donors (Lipinski definition) is 3. The first-order chi connectivity index (χ1) is 16.8. The summed E-state index contributed by atoms with van der Waals surface area (Å²) >= 11 is 0. The molecule has 3 N–H and O–H groups in total. The number of carboxylic acids is 1. The van der Waals surface area contributed by atoms with E-state index in [2.05, 4.69) is 5.32 Å². The van der Waals surface area contributed by atoms with Crippen molar-refractivity contribution in [3.8, 4) is 5.75 Å². The maximum Gasteiger partial charge on any atom is 0.412 e. The lowest BCUT2D eigenvalue weighted by Crippen LogP contribution is -2.29. The maximum atomic E-state index is 13.0. The molecule has 0 aliphatic rings. The number of fused-ring (bicyclic) bond motifs is 1. The minimum atomic E-state index is -0.997. The second-order valence-electron chi connectivity index (χ2n) is 8.85. The highest BCUT2D eigenvalue weighted by Crippen LogP contribution is 2.41. The Kier molecular flexibility index (Phi) is 8.86. The van der Waals surface area contributed by atoms with Crippen molar-refractivity contribution in [2.24, 2.45) is 5.41 Å². The highest BCUT2D eigenvalue weighted by atomic mass is 16.6. The number of benzene rings is 3. The molecule has 3 aromatic carbocycles. The van der Waals surface area contributed by atoms with Gasteiger partial charge in [-0.3, -0.25) is 5.32 Å². The van der Waals surface area contributed by atoms with E-state index in [0.29, 0.717) is 24.3 Å². The van der Waals surface area contributed by atoms with Gasteiger partial charge in [0.2, 0.25) is 0 Å². The largest absolute Gasteiger partial charge is 0.491 e. The summed E-state index contributed by atoms with van der Waals surface area (Å²) in [4.78, 5) is 23.8. The Morgan fingerprint density at radius 2 is 1.74 bits per heavy atom. The van der Waals surface area contributed by atoms with Crippen LogP contribution in [-0.4, -0.2) is 35.5 Å². The third-order valence-corrected chi connectivity index (χ3v) is 5.72. The van der Waals surface area contributed by atoms with Crippen molar-refractivity contribution in [1.82, 2.24) is 0 Å². The number of carbonyl (C=O) groups excluding carboxylic acids is 1. The molecule has 0 fully saturated rings. The van der Waals surface area contributed by atoms with E-state index in [4.69, 9.17) is 19.7 Å². The predicted molar refractivity (Wildman–Crippen MR) is 136 cm³/mol. The highest BCUT2D eigenvalue weighted by Gasteiger charge is 2.34. The summed E-state index contributed by atoms with van der Waals surface area (Å²) in [5, 5.41) is 22.6. The van der Waals surface area contributed by atoms with Gasteiger partial charge >= 0.3 is 12.1 Å². The number of ether oxygens (including phenoxy) is 2. The van der Waals surface area contributed by atoms with Crippen LogP contribution in [0.4, 0.5) is 10.5 Å². The number of aliphatic hydroxyl groups is 1. The van der Waals surface area contributed by atoms with E-state index in [1.54, 1.807) is 18.2 Å². The van der Waals surface area contributed by atoms with Crippen LogP contribution in [0, 0.1) is 5.41 Å². The molecule has 1 amide bonds.